The van der Waals surface area contributed by atoms with Gasteiger partial charge >= 0.3 is 6.09 Å². The number of hydrogen-bond donors (Lipinski definition) is 2. The zero-order chi connectivity index (χ0) is 23.3. The molecule has 1 aromatic rings. The number of nitrogens with one attached hydrogen (secondary N) is 1. The van der Waals surface area contributed by atoms with Crippen LogP contribution < -0.4 is 20.5 Å². The Morgan fingerprint density at radius 2 is 2.06 bits per heavy atom. The van der Waals surface area contributed by atoms with Crippen molar-refractivity contribution in [3.63, 3.8) is 0 Å². The summed E-state index contributed by atoms with van der Waals surface area (Å²) in [4.78, 5) is 26.5. The predicted molar refractivity (Wildman–Crippen MR) is 127 cm³/mol. The van der Waals surface area contributed by atoms with E-state index in [1.54, 1.807) is 17.0 Å². The Labute approximate surface area is 192 Å². The number of allylic oxidation sites excluding steroid dienone is 2. The highest BCUT2D eigenvalue weighted by atomic mass is 16.6. The summed E-state index contributed by atoms with van der Waals surface area (Å²) in [5, 5.41) is 2.94. The molecule has 1 aliphatic rings. The van der Waals surface area contributed by atoms with E-state index in [9.17, 15) is 9.59 Å². The third-order valence-corrected chi connectivity index (χ3v) is 5.59. The lowest BCUT2D eigenvalue weighted by Gasteiger charge is -2.34. The minimum absolute atomic E-state index is 0.0166. The highest BCUT2D eigenvalue weighted by Gasteiger charge is 2.27. The number of ether oxygens (including phenoxy) is 2. The number of hydrogen-bond acceptors (Lipinski definition) is 5. The molecule has 1 aliphatic heterocycles. The molecule has 32 heavy (non-hydrogen) atoms. The molecule has 1 atom stereocenters. The molecule has 1 saturated heterocycles. The molecule has 1 heterocycles. The fraction of sp³-hybridized carbons (Fsp3) is 0.600. The number of rotatable bonds is 11. The quantitative estimate of drug-likeness (QED) is 0.389. The zero-order valence-electron chi connectivity index (χ0n) is 19.8. The van der Waals surface area contributed by atoms with Crippen molar-refractivity contribution in [2.45, 2.75) is 71.4 Å². The van der Waals surface area contributed by atoms with Crippen LogP contribution in [0.5, 0.6) is 11.5 Å². The largest absolute Gasteiger partial charge is 0.493 e. The number of amides is 2. The maximum Gasteiger partial charge on any atom is 0.415 e. The first-order chi connectivity index (χ1) is 15.4. The summed E-state index contributed by atoms with van der Waals surface area (Å²) < 4.78 is 11.0. The third kappa shape index (κ3) is 8.54. The number of benzene rings is 1. The topological polar surface area (TPSA) is 93.9 Å². The minimum Gasteiger partial charge on any atom is -0.493 e. The van der Waals surface area contributed by atoms with Crippen molar-refractivity contribution in [1.29, 1.82) is 0 Å². The van der Waals surface area contributed by atoms with Gasteiger partial charge in [0.1, 0.15) is 0 Å². The van der Waals surface area contributed by atoms with Crippen LogP contribution in [-0.4, -0.2) is 43.1 Å². The Balaban J connectivity index is 1.82. The number of carbonyl (C=O) groups excluding carboxylic acids is 2. The fourth-order valence-corrected chi connectivity index (χ4v) is 3.75. The second kappa shape index (κ2) is 13.8. The van der Waals surface area contributed by atoms with Crippen molar-refractivity contribution < 1.29 is 19.1 Å². The van der Waals surface area contributed by atoms with E-state index < -0.39 is 6.09 Å². The van der Waals surface area contributed by atoms with Gasteiger partial charge in [0.15, 0.2) is 11.5 Å². The number of unbranched alkanes of at least 4 members (excludes halogenated alkanes) is 2. The van der Waals surface area contributed by atoms with Crippen LogP contribution in [0.3, 0.4) is 0 Å². The molecule has 7 nitrogen and oxygen atoms in total. The number of nitrogens with two attached hydrogens (primary N) is 1. The summed E-state index contributed by atoms with van der Waals surface area (Å²) in [7, 11) is 1.53. The van der Waals surface area contributed by atoms with Gasteiger partial charge in [0, 0.05) is 32.1 Å². The van der Waals surface area contributed by atoms with E-state index >= 15 is 0 Å². The number of likely N-dealkylation sites (tertiary alicyclic amines) is 1. The van der Waals surface area contributed by atoms with E-state index in [1.807, 2.05) is 6.07 Å². The van der Waals surface area contributed by atoms with Crippen LogP contribution in [-0.2, 0) is 11.3 Å². The molecule has 1 unspecified atom stereocenters. The van der Waals surface area contributed by atoms with Crippen LogP contribution in [0.15, 0.2) is 30.4 Å². The van der Waals surface area contributed by atoms with Crippen molar-refractivity contribution >= 4 is 12.0 Å². The number of nitrogens with zero attached hydrogens (tertiary/aromatic N) is 1. The average Bonchev–Trinajstić information content (AvgIpc) is 2.80. The van der Waals surface area contributed by atoms with Gasteiger partial charge in [0.2, 0.25) is 5.91 Å². The predicted octanol–water partition coefficient (Wildman–Crippen LogP) is 4.40. The molecule has 178 valence electrons. The van der Waals surface area contributed by atoms with Crippen molar-refractivity contribution in [2.24, 2.45) is 11.7 Å². The van der Waals surface area contributed by atoms with Crippen LogP contribution in [0.1, 0.15) is 64.4 Å². The standard InChI is InChI=1S/C25H39N3O4/c1-19(2)10-6-4-5-7-12-24(29)27-18-20-13-14-22(23(16-20)31-3)32-25(30)28-15-9-8-11-21(28)17-26/h6,10,13-14,16,19,21H,4-5,7-9,11-12,15,17-18,26H2,1-3H3,(H,27,29)/b10-6+. The van der Waals surface area contributed by atoms with E-state index in [1.165, 1.54) is 7.11 Å². The second-order valence-corrected chi connectivity index (χ2v) is 8.63. The smallest absolute Gasteiger partial charge is 0.415 e. The molecule has 0 aromatic heterocycles. The lowest BCUT2D eigenvalue weighted by atomic mass is 10.0. The Bertz CT molecular complexity index is 764. The molecular weight excluding hydrogens is 406 g/mol. The molecule has 2 amide bonds. The van der Waals surface area contributed by atoms with E-state index in [4.69, 9.17) is 15.2 Å². The molecule has 0 radical (unpaired) electrons. The molecule has 0 saturated carbocycles. The van der Waals surface area contributed by atoms with Gasteiger partial charge in [0.05, 0.1) is 7.11 Å². The van der Waals surface area contributed by atoms with Crippen LogP contribution in [0.25, 0.3) is 0 Å². The number of piperidine rings is 1. The molecule has 1 aromatic carbocycles. The normalized spacial score (nSPS) is 16.4. The molecule has 1 fully saturated rings. The summed E-state index contributed by atoms with van der Waals surface area (Å²) in [6.07, 6.45) is 10.3. The maximum atomic E-state index is 12.6. The van der Waals surface area contributed by atoms with Gasteiger partial charge in [-0.05, 0) is 62.1 Å². The molecule has 0 spiro atoms. The summed E-state index contributed by atoms with van der Waals surface area (Å²) in [5.74, 6) is 1.43. The molecule has 2 rings (SSSR count). The molecule has 0 aliphatic carbocycles. The van der Waals surface area contributed by atoms with Gasteiger partial charge < -0.3 is 25.4 Å². The molecule has 0 bridgehead atoms. The fourth-order valence-electron chi connectivity index (χ4n) is 3.75. The van der Waals surface area contributed by atoms with Crippen molar-refractivity contribution in [2.75, 3.05) is 20.2 Å². The Morgan fingerprint density at radius 1 is 1.25 bits per heavy atom. The number of carbonyl (C=O) groups is 2. The lowest BCUT2D eigenvalue weighted by Crippen LogP contribution is -2.48. The van der Waals surface area contributed by atoms with Gasteiger partial charge in [-0.3, -0.25) is 4.79 Å². The maximum absolute atomic E-state index is 12.6. The molecular formula is C25H39N3O4. The van der Waals surface area contributed by atoms with Gasteiger partial charge in [-0.2, -0.15) is 0 Å². The first kappa shape index (κ1) is 25.7. The van der Waals surface area contributed by atoms with E-state index in [-0.39, 0.29) is 11.9 Å². The highest BCUT2D eigenvalue weighted by molar-refractivity contribution is 5.76. The van der Waals surface area contributed by atoms with E-state index in [2.05, 4.69) is 31.3 Å². The Morgan fingerprint density at radius 3 is 2.78 bits per heavy atom. The molecule has 7 heteroatoms. The van der Waals surface area contributed by atoms with E-state index in [0.29, 0.717) is 43.5 Å². The minimum atomic E-state index is -0.400. The van der Waals surface area contributed by atoms with Crippen molar-refractivity contribution in [3.05, 3.63) is 35.9 Å². The Kier molecular flexibility index (Phi) is 11.1. The van der Waals surface area contributed by atoms with Crippen molar-refractivity contribution in [1.82, 2.24) is 10.2 Å². The highest BCUT2D eigenvalue weighted by Crippen LogP contribution is 2.29. The van der Waals surface area contributed by atoms with Crippen LogP contribution >= 0.6 is 0 Å². The van der Waals surface area contributed by atoms with Gasteiger partial charge in [-0.15, -0.1) is 0 Å². The number of methoxy groups -OCH3 is 1. The summed E-state index contributed by atoms with van der Waals surface area (Å²) in [6.45, 7) is 5.79. The van der Waals surface area contributed by atoms with Crippen molar-refractivity contribution in [3.8, 4) is 11.5 Å². The average molecular weight is 446 g/mol. The van der Waals surface area contributed by atoms with Gasteiger partial charge in [-0.1, -0.05) is 32.1 Å². The van der Waals surface area contributed by atoms with Crippen LogP contribution in [0, 0.1) is 5.92 Å². The third-order valence-electron chi connectivity index (χ3n) is 5.59. The lowest BCUT2D eigenvalue weighted by molar-refractivity contribution is -0.121. The SMILES string of the molecule is COc1cc(CNC(=O)CCCC/C=C/C(C)C)ccc1OC(=O)N1CCCCC1CN. The van der Waals surface area contributed by atoms with Gasteiger partial charge in [0.25, 0.3) is 0 Å². The van der Waals surface area contributed by atoms with Crippen LogP contribution in [0.2, 0.25) is 0 Å². The first-order valence-corrected chi connectivity index (χ1v) is 11.7. The zero-order valence-corrected chi connectivity index (χ0v) is 19.8. The summed E-state index contributed by atoms with van der Waals surface area (Å²) in [6, 6.07) is 5.35. The van der Waals surface area contributed by atoms with E-state index in [0.717, 1.165) is 44.1 Å². The van der Waals surface area contributed by atoms with Gasteiger partial charge in [-0.25, -0.2) is 4.79 Å². The summed E-state index contributed by atoms with van der Waals surface area (Å²) >= 11 is 0. The first-order valence-electron chi connectivity index (χ1n) is 11.7. The second-order valence-electron chi connectivity index (χ2n) is 8.63. The molecule has 3 N–H and O–H groups in total. The van der Waals surface area contributed by atoms with Crippen LogP contribution in [0.4, 0.5) is 4.79 Å². The monoisotopic (exact) mass is 445 g/mol. The summed E-state index contributed by atoms with van der Waals surface area (Å²) in [5.41, 5.74) is 6.69. The Hall–Kier alpha value is -2.54.